The van der Waals surface area contributed by atoms with Crippen molar-refractivity contribution >= 4 is 34.9 Å². The molecule has 3 heteroatoms. The minimum absolute atomic E-state index is 1.20. The molecule has 142 valence electrons. The highest BCUT2D eigenvalue weighted by molar-refractivity contribution is 8.03. The van der Waals surface area contributed by atoms with E-state index in [2.05, 4.69) is 74.5 Å². The Labute approximate surface area is 176 Å². The van der Waals surface area contributed by atoms with Crippen molar-refractivity contribution in [3.05, 3.63) is 71.8 Å². The quantitative estimate of drug-likeness (QED) is 0.326. The van der Waals surface area contributed by atoms with Gasteiger partial charge in [0, 0.05) is 9.79 Å². The van der Waals surface area contributed by atoms with Crippen molar-refractivity contribution in [2.45, 2.75) is 70.6 Å². The summed E-state index contributed by atoms with van der Waals surface area (Å²) in [7, 11) is 0. The molecule has 0 saturated carbocycles. The van der Waals surface area contributed by atoms with Crippen LogP contribution in [0.25, 0.3) is 0 Å². The van der Waals surface area contributed by atoms with Gasteiger partial charge in [0.05, 0.1) is 8.42 Å². The fourth-order valence-corrected chi connectivity index (χ4v) is 7.17. The molecule has 0 radical (unpaired) electrons. The predicted molar refractivity (Wildman–Crippen MR) is 123 cm³/mol. The Bertz CT molecular complexity index is 738. The summed E-state index contributed by atoms with van der Waals surface area (Å²) in [4.78, 5) is 2.68. The highest BCUT2D eigenvalue weighted by Gasteiger charge is 2.19. The maximum Gasteiger partial charge on any atom is 0.0693 e. The van der Waals surface area contributed by atoms with E-state index in [1.54, 1.807) is 11.1 Å². The van der Waals surface area contributed by atoms with Crippen LogP contribution in [0.4, 0.5) is 0 Å². The average Bonchev–Trinajstić information content (AvgIpc) is 3.02. The molecule has 27 heavy (non-hydrogen) atoms. The van der Waals surface area contributed by atoms with Crippen molar-refractivity contribution < 1.29 is 0 Å². The minimum atomic E-state index is 1.20. The van der Waals surface area contributed by atoms with Crippen LogP contribution in [0.2, 0.25) is 0 Å². The Morgan fingerprint density at radius 1 is 0.630 bits per heavy atom. The molecule has 0 bridgehead atoms. The van der Waals surface area contributed by atoms with Gasteiger partial charge in [-0.3, -0.25) is 0 Å². The number of unbranched alkanes of at least 4 members (excludes halogenated alkanes) is 2. The maximum absolute atomic E-state index is 2.29. The third-order valence-electron chi connectivity index (χ3n) is 4.51. The number of thiophene rings is 1. The van der Waals surface area contributed by atoms with Crippen LogP contribution in [0, 0.1) is 0 Å². The molecule has 0 saturated heterocycles. The first-order chi connectivity index (χ1) is 13.3. The van der Waals surface area contributed by atoms with Crippen molar-refractivity contribution in [1.29, 1.82) is 0 Å². The summed E-state index contributed by atoms with van der Waals surface area (Å²) >= 11 is 5.90. The monoisotopic (exact) mass is 412 g/mol. The van der Waals surface area contributed by atoms with Gasteiger partial charge in [-0.25, -0.2) is 0 Å². The number of hydrogen-bond acceptors (Lipinski definition) is 3. The Kier molecular flexibility index (Phi) is 8.37. The topological polar surface area (TPSA) is 0 Å². The molecule has 0 unspecified atom stereocenters. The van der Waals surface area contributed by atoms with Gasteiger partial charge < -0.3 is 0 Å². The van der Waals surface area contributed by atoms with Gasteiger partial charge >= 0.3 is 0 Å². The normalized spacial score (nSPS) is 11.0. The fraction of sp³-hybridized carbons (Fsp3) is 0.333. The molecule has 0 aliphatic heterocycles. The average molecular weight is 413 g/mol. The second kappa shape index (κ2) is 11.0. The van der Waals surface area contributed by atoms with Crippen molar-refractivity contribution in [3.63, 3.8) is 0 Å². The van der Waals surface area contributed by atoms with Gasteiger partial charge in [0.1, 0.15) is 0 Å². The third kappa shape index (κ3) is 5.91. The van der Waals surface area contributed by atoms with Crippen LogP contribution in [0.3, 0.4) is 0 Å². The maximum atomic E-state index is 2.29. The van der Waals surface area contributed by atoms with Gasteiger partial charge in [0.2, 0.25) is 0 Å². The summed E-state index contributed by atoms with van der Waals surface area (Å²) in [5.74, 6) is 0. The van der Waals surface area contributed by atoms with Crippen LogP contribution in [-0.2, 0) is 12.8 Å². The van der Waals surface area contributed by atoms with Gasteiger partial charge in [-0.05, 0) is 61.1 Å². The highest BCUT2D eigenvalue weighted by Crippen LogP contribution is 2.47. The van der Waals surface area contributed by atoms with Crippen LogP contribution in [0.5, 0.6) is 0 Å². The fourth-order valence-electron chi connectivity index (χ4n) is 3.02. The second-order valence-electron chi connectivity index (χ2n) is 6.67. The molecular formula is C24H28S3. The summed E-state index contributed by atoms with van der Waals surface area (Å²) in [5.41, 5.74) is 3.23. The first-order valence-electron chi connectivity index (χ1n) is 9.92. The van der Waals surface area contributed by atoms with Gasteiger partial charge in [0.15, 0.2) is 0 Å². The lowest BCUT2D eigenvalue weighted by atomic mass is 10.0. The molecule has 2 aromatic carbocycles. The summed E-state index contributed by atoms with van der Waals surface area (Å²) in [6.07, 6.45) is 7.45. The van der Waals surface area contributed by atoms with E-state index in [0.29, 0.717) is 0 Å². The molecule has 0 aliphatic rings. The highest BCUT2D eigenvalue weighted by atomic mass is 32.2. The zero-order chi connectivity index (χ0) is 18.9. The largest absolute Gasteiger partial charge is 0.121 e. The standard InChI is InChI=1S/C24H28S3/c1-3-5-17-21-22(18-6-4-2)24(26-20-15-11-8-12-16-20)27-23(21)25-19-13-9-7-10-14-19/h7-16H,3-6,17-18H2,1-2H3. The van der Waals surface area contributed by atoms with E-state index in [1.165, 1.54) is 56.7 Å². The van der Waals surface area contributed by atoms with Crippen molar-refractivity contribution in [2.75, 3.05) is 0 Å². The van der Waals surface area contributed by atoms with E-state index in [1.807, 2.05) is 34.9 Å². The van der Waals surface area contributed by atoms with Gasteiger partial charge in [0.25, 0.3) is 0 Å². The van der Waals surface area contributed by atoms with Gasteiger partial charge in [-0.2, -0.15) is 0 Å². The lowest BCUT2D eigenvalue weighted by Gasteiger charge is -2.09. The van der Waals surface area contributed by atoms with Crippen LogP contribution in [0.15, 0.2) is 78.9 Å². The minimum Gasteiger partial charge on any atom is -0.121 e. The SMILES string of the molecule is CCCCc1c(Sc2ccccc2)sc(Sc2ccccc2)c1CCCC. The molecule has 0 atom stereocenters. The number of benzene rings is 2. The summed E-state index contributed by atoms with van der Waals surface area (Å²) < 4.78 is 3.00. The van der Waals surface area contributed by atoms with Crippen LogP contribution >= 0.6 is 34.9 Å². The Morgan fingerprint density at radius 3 is 1.41 bits per heavy atom. The van der Waals surface area contributed by atoms with Crippen molar-refractivity contribution in [1.82, 2.24) is 0 Å². The Morgan fingerprint density at radius 2 is 1.04 bits per heavy atom. The van der Waals surface area contributed by atoms with Gasteiger partial charge in [-0.15, -0.1) is 11.3 Å². The Hall–Kier alpha value is -1.16. The molecule has 0 amide bonds. The molecule has 0 nitrogen and oxygen atoms in total. The predicted octanol–water partition coefficient (Wildman–Crippen LogP) is 8.74. The van der Waals surface area contributed by atoms with Crippen LogP contribution < -0.4 is 0 Å². The van der Waals surface area contributed by atoms with Gasteiger partial charge in [-0.1, -0.05) is 86.6 Å². The lowest BCUT2D eigenvalue weighted by Crippen LogP contribution is -1.94. The van der Waals surface area contributed by atoms with E-state index in [-0.39, 0.29) is 0 Å². The molecule has 0 fully saturated rings. The molecule has 1 aromatic heterocycles. The molecule has 3 rings (SSSR count). The first-order valence-corrected chi connectivity index (χ1v) is 12.4. The molecule has 3 aromatic rings. The molecule has 1 heterocycles. The molecule has 0 aliphatic carbocycles. The zero-order valence-corrected chi connectivity index (χ0v) is 18.7. The Balaban J connectivity index is 1.96. The van der Waals surface area contributed by atoms with E-state index in [4.69, 9.17) is 0 Å². The number of rotatable bonds is 10. The van der Waals surface area contributed by atoms with E-state index >= 15 is 0 Å². The van der Waals surface area contributed by atoms with E-state index < -0.39 is 0 Å². The van der Waals surface area contributed by atoms with Crippen LogP contribution in [0.1, 0.15) is 50.7 Å². The lowest BCUT2D eigenvalue weighted by molar-refractivity contribution is 0.750. The van der Waals surface area contributed by atoms with Crippen molar-refractivity contribution in [3.8, 4) is 0 Å². The zero-order valence-electron chi connectivity index (χ0n) is 16.2. The van der Waals surface area contributed by atoms with Crippen molar-refractivity contribution in [2.24, 2.45) is 0 Å². The number of hydrogen-bond donors (Lipinski definition) is 0. The molecular weight excluding hydrogens is 384 g/mol. The third-order valence-corrected chi connectivity index (χ3v) is 8.25. The summed E-state index contributed by atoms with van der Waals surface area (Å²) in [6.45, 7) is 4.59. The molecule has 0 N–H and O–H groups in total. The smallest absolute Gasteiger partial charge is 0.0693 e. The van der Waals surface area contributed by atoms with E-state index in [0.717, 1.165) is 0 Å². The van der Waals surface area contributed by atoms with Crippen LogP contribution in [-0.4, -0.2) is 0 Å². The second-order valence-corrected chi connectivity index (χ2v) is 10.4. The molecule has 0 spiro atoms. The first kappa shape index (κ1) is 20.6. The van der Waals surface area contributed by atoms with E-state index in [9.17, 15) is 0 Å². The summed E-state index contributed by atoms with van der Waals surface area (Å²) in [6, 6.07) is 21.7. The summed E-state index contributed by atoms with van der Waals surface area (Å²) in [5, 5.41) is 0.